The number of carboxylic acids is 1. The maximum atomic E-state index is 11.9. The smallest absolute Gasteiger partial charge is 0.315 e. The number of aliphatic carboxylic acids is 1. The van der Waals surface area contributed by atoms with E-state index in [0.717, 1.165) is 10.3 Å². The normalized spacial score (nSPS) is 16.9. The molecule has 0 radical (unpaired) electrons. The highest BCUT2D eigenvalue weighted by Gasteiger charge is 2.28. The fourth-order valence-electron chi connectivity index (χ4n) is 2.09. The molecule has 1 fully saturated rings. The van der Waals surface area contributed by atoms with Crippen molar-refractivity contribution in [2.24, 2.45) is 5.92 Å². The van der Waals surface area contributed by atoms with Crippen LogP contribution in [0.25, 0.3) is 0 Å². The Morgan fingerprint density at radius 3 is 2.45 bits per heavy atom. The van der Waals surface area contributed by atoms with E-state index in [-0.39, 0.29) is 5.91 Å². The minimum Gasteiger partial charge on any atom is -0.481 e. The number of amides is 1. The number of halogens is 1. The van der Waals surface area contributed by atoms with Gasteiger partial charge in [-0.15, -0.1) is 0 Å². The molecule has 0 spiro atoms. The van der Waals surface area contributed by atoms with Crippen LogP contribution in [0, 0.1) is 5.92 Å². The lowest BCUT2D eigenvalue weighted by Crippen LogP contribution is -2.51. The number of hydrogen-bond donors (Lipinski definition) is 1. The zero-order chi connectivity index (χ0) is 14.7. The van der Waals surface area contributed by atoms with E-state index in [1.54, 1.807) is 11.1 Å². The number of carbonyl (C=O) groups is 2. The lowest BCUT2D eigenvalue weighted by atomic mass is 10.1. The predicted molar refractivity (Wildman–Crippen MR) is 77.5 cm³/mol. The SMILES string of the molecule is CC(C(=O)O)C(=O)N1CCN(c2ccc(Br)cn2)CC1. The average molecular weight is 342 g/mol. The van der Waals surface area contributed by atoms with Crippen LogP contribution >= 0.6 is 15.9 Å². The molecule has 1 aliphatic rings. The van der Waals surface area contributed by atoms with E-state index < -0.39 is 11.9 Å². The molecule has 1 aromatic rings. The number of carboxylic acid groups (broad SMARTS) is 1. The van der Waals surface area contributed by atoms with Gasteiger partial charge in [0.15, 0.2) is 0 Å². The first-order chi connectivity index (χ1) is 9.49. The summed E-state index contributed by atoms with van der Waals surface area (Å²) in [7, 11) is 0. The number of pyridine rings is 1. The van der Waals surface area contributed by atoms with E-state index in [2.05, 4.69) is 25.8 Å². The van der Waals surface area contributed by atoms with Crippen LogP contribution < -0.4 is 4.90 Å². The van der Waals surface area contributed by atoms with E-state index >= 15 is 0 Å². The van der Waals surface area contributed by atoms with Gasteiger partial charge in [0, 0.05) is 36.8 Å². The van der Waals surface area contributed by atoms with E-state index in [1.165, 1.54) is 6.92 Å². The molecule has 1 amide bonds. The molecule has 2 rings (SSSR count). The summed E-state index contributed by atoms with van der Waals surface area (Å²) < 4.78 is 0.922. The molecule has 0 bridgehead atoms. The van der Waals surface area contributed by atoms with Gasteiger partial charge < -0.3 is 14.9 Å². The second-order valence-electron chi connectivity index (χ2n) is 4.71. The molecule has 1 aliphatic heterocycles. The molecular weight excluding hydrogens is 326 g/mol. The van der Waals surface area contributed by atoms with Gasteiger partial charge in [-0.25, -0.2) is 4.98 Å². The minimum absolute atomic E-state index is 0.319. The number of anilines is 1. The summed E-state index contributed by atoms with van der Waals surface area (Å²) in [6, 6.07) is 3.84. The average Bonchev–Trinajstić information content (AvgIpc) is 2.46. The van der Waals surface area contributed by atoms with Gasteiger partial charge in [-0.3, -0.25) is 9.59 Å². The second kappa shape index (κ2) is 6.21. The van der Waals surface area contributed by atoms with Crippen molar-refractivity contribution in [2.45, 2.75) is 6.92 Å². The van der Waals surface area contributed by atoms with Crippen LogP contribution in [0.5, 0.6) is 0 Å². The van der Waals surface area contributed by atoms with Crippen LogP contribution in [0.15, 0.2) is 22.8 Å². The summed E-state index contributed by atoms with van der Waals surface area (Å²) in [6.45, 7) is 3.79. The third-order valence-electron chi connectivity index (χ3n) is 3.37. The lowest BCUT2D eigenvalue weighted by Gasteiger charge is -2.36. The third-order valence-corrected chi connectivity index (χ3v) is 3.84. The third kappa shape index (κ3) is 3.27. The highest BCUT2D eigenvalue weighted by Crippen LogP contribution is 2.17. The molecule has 1 aromatic heterocycles. The molecule has 1 saturated heterocycles. The topological polar surface area (TPSA) is 73.7 Å². The monoisotopic (exact) mass is 341 g/mol. The molecule has 7 heteroatoms. The zero-order valence-corrected chi connectivity index (χ0v) is 12.7. The summed E-state index contributed by atoms with van der Waals surface area (Å²) in [5.74, 6) is -1.51. The quantitative estimate of drug-likeness (QED) is 0.836. The van der Waals surface area contributed by atoms with Crippen molar-refractivity contribution in [3.8, 4) is 0 Å². The van der Waals surface area contributed by atoms with E-state index in [1.807, 2.05) is 12.1 Å². The number of nitrogens with zero attached hydrogens (tertiary/aromatic N) is 3. The van der Waals surface area contributed by atoms with Crippen LogP contribution in [0.3, 0.4) is 0 Å². The van der Waals surface area contributed by atoms with Crippen molar-refractivity contribution in [3.63, 3.8) is 0 Å². The Labute approximate surface area is 125 Å². The molecular formula is C13H16BrN3O3. The van der Waals surface area contributed by atoms with E-state index in [4.69, 9.17) is 5.11 Å². The first-order valence-corrected chi connectivity index (χ1v) is 7.16. The molecule has 1 unspecified atom stereocenters. The summed E-state index contributed by atoms with van der Waals surface area (Å²) >= 11 is 3.34. The maximum absolute atomic E-state index is 11.9. The van der Waals surface area contributed by atoms with Crippen molar-refractivity contribution in [1.82, 2.24) is 9.88 Å². The fraction of sp³-hybridized carbons (Fsp3) is 0.462. The Bertz CT molecular complexity index is 498. The second-order valence-corrected chi connectivity index (χ2v) is 5.62. The summed E-state index contributed by atoms with van der Waals surface area (Å²) in [5.41, 5.74) is 0. The maximum Gasteiger partial charge on any atom is 0.315 e. The summed E-state index contributed by atoms with van der Waals surface area (Å²) in [6.07, 6.45) is 1.74. The highest BCUT2D eigenvalue weighted by molar-refractivity contribution is 9.10. The Morgan fingerprint density at radius 1 is 1.30 bits per heavy atom. The van der Waals surface area contributed by atoms with Crippen molar-refractivity contribution in [1.29, 1.82) is 0 Å². The predicted octanol–water partition coefficient (Wildman–Crippen LogP) is 1.21. The van der Waals surface area contributed by atoms with Gasteiger partial charge in [-0.2, -0.15) is 0 Å². The number of aromatic nitrogens is 1. The van der Waals surface area contributed by atoms with Gasteiger partial charge in [0.2, 0.25) is 5.91 Å². The van der Waals surface area contributed by atoms with E-state index in [9.17, 15) is 9.59 Å². The van der Waals surface area contributed by atoms with Crippen molar-refractivity contribution >= 4 is 33.6 Å². The van der Waals surface area contributed by atoms with Gasteiger partial charge in [-0.05, 0) is 35.0 Å². The van der Waals surface area contributed by atoms with Crippen molar-refractivity contribution in [3.05, 3.63) is 22.8 Å². The minimum atomic E-state index is -1.08. The zero-order valence-electron chi connectivity index (χ0n) is 11.1. The van der Waals surface area contributed by atoms with Crippen molar-refractivity contribution in [2.75, 3.05) is 31.1 Å². The van der Waals surface area contributed by atoms with Gasteiger partial charge >= 0.3 is 5.97 Å². The van der Waals surface area contributed by atoms with Crippen LogP contribution in [-0.2, 0) is 9.59 Å². The highest BCUT2D eigenvalue weighted by atomic mass is 79.9. The van der Waals surface area contributed by atoms with Crippen LogP contribution in [0.4, 0.5) is 5.82 Å². The lowest BCUT2D eigenvalue weighted by molar-refractivity contribution is -0.150. The molecule has 0 aliphatic carbocycles. The molecule has 1 atom stereocenters. The molecule has 2 heterocycles. The first kappa shape index (κ1) is 14.8. The molecule has 20 heavy (non-hydrogen) atoms. The Balaban J connectivity index is 1.94. The van der Waals surface area contributed by atoms with Gasteiger partial charge in [0.05, 0.1) is 0 Å². The molecule has 6 nitrogen and oxygen atoms in total. The van der Waals surface area contributed by atoms with Crippen molar-refractivity contribution < 1.29 is 14.7 Å². The standard InChI is InChI=1S/C13H16BrN3O3/c1-9(13(19)20)12(18)17-6-4-16(5-7-17)11-3-2-10(14)8-15-11/h2-3,8-9H,4-7H2,1H3,(H,19,20). The molecule has 0 aromatic carbocycles. The van der Waals surface area contributed by atoms with Gasteiger partial charge in [-0.1, -0.05) is 0 Å². The summed E-state index contributed by atoms with van der Waals surface area (Å²) in [5, 5.41) is 8.87. The number of carbonyl (C=O) groups excluding carboxylic acids is 1. The number of rotatable bonds is 3. The first-order valence-electron chi connectivity index (χ1n) is 6.37. The molecule has 108 valence electrons. The Morgan fingerprint density at radius 2 is 1.95 bits per heavy atom. The largest absolute Gasteiger partial charge is 0.481 e. The number of piperazine rings is 1. The molecule has 0 saturated carbocycles. The summed E-state index contributed by atoms with van der Waals surface area (Å²) in [4.78, 5) is 30.8. The van der Waals surface area contributed by atoms with Crippen LogP contribution in [0.2, 0.25) is 0 Å². The van der Waals surface area contributed by atoms with Crippen LogP contribution in [-0.4, -0.2) is 53.0 Å². The Hall–Kier alpha value is -1.63. The number of hydrogen-bond acceptors (Lipinski definition) is 4. The van der Waals surface area contributed by atoms with Gasteiger partial charge in [0.1, 0.15) is 11.7 Å². The Kier molecular flexibility index (Phi) is 4.59. The van der Waals surface area contributed by atoms with Crippen LogP contribution in [0.1, 0.15) is 6.92 Å². The van der Waals surface area contributed by atoms with Gasteiger partial charge in [0.25, 0.3) is 0 Å². The fourth-order valence-corrected chi connectivity index (χ4v) is 2.33. The molecule has 1 N–H and O–H groups in total. The van der Waals surface area contributed by atoms with E-state index in [0.29, 0.717) is 26.2 Å².